The van der Waals surface area contributed by atoms with Gasteiger partial charge in [0.05, 0.1) is 12.1 Å². The minimum Gasteiger partial charge on any atom is -0.495 e. The summed E-state index contributed by atoms with van der Waals surface area (Å²) in [7, 11) is 4.84. The van der Waals surface area contributed by atoms with Crippen molar-refractivity contribution in [3.63, 3.8) is 0 Å². The second-order valence-corrected chi connectivity index (χ2v) is 4.47. The third-order valence-corrected chi connectivity index (χ3v) is 2.83. The Bertz CT molecular complexity index is 458. The molecule has 18 heavy (non-hydrogen) atoms. The van der Waals surface area contributed by atoms with Gasteiger partial charge in [0.25, 0.3) is 0 Å². The molecule has 4 nitrogen and oxygen atoms in total. The molecule has 1 aromatic rings. The van der Waals surface area contributed by atoms with E-state index in [0.717, 1.165) is 0 Å². The molecule has 0 spiro atoms. The first-order chi connectivity index (χ1) is 8.45. The molecule has 0 radical (unpaired) electrons. The third kappa shape index (κ3) is 3.74. The Balaban J connectivity index is 2.68. The summed E-state index contributed by atoms with van der Waals surface area (Å²) in [5.41, 5.74) is 0.493. The van der Waals surface area contributed by atoms with Crippen LogP contribution in [0.15, 0.2) is 18.2 Å². The molecule has 98 valence electrons. The molecular weight excluding hydrogens is 254 g/mol. The molecule has 0 saturated carbocycles. The molecule has 0 N–H and O–H groups in total. The van der Waals surface area contributed by atoms with E-state index in [9.17, 15) is 9.59 Å². The number of hydrogen-bond acceptors (Lipinski definition) is 3. The summed E-state index contributed by atoms with van der Waals surface area (Å²) in [6.45, 7) is 0. The second-order valence-electron chi connectivity index (χ2n) is 4.06. The highest BCUT2D eigenvalue weighted by Crippen LogP contribution is 2.25. The number of nitrogens with zero attached hydrogens (tertiary/aromatic N) is 1. The number of amides is 1. The largest absolute Gasteiger partial charge is 0.495 e. The second kappa shape index (κ2) is 6.40. The molecule has 0 aliphatic heterocycles. The minimum absolute atomic E-state index is 0.0667. The predicted octanol–water partition coefficient (Wildman–Crippen LogP) is 2.40. The summed E-state index contributed by atoms with van der Waals surface area (Å²) in [4.78, 5) is 24.7. The lowest BCUT2D eigenvalue weighted by Gasteiger charge is -2.09. The van der Waals surface area contributed by atoms with Gasteiger partial charge in [-0.3, -0.25) is 9.59 Å². The minimum atomic E-state index is -0.102. The molecule has 1 rings (SSSR count). The van der Waals surface area contributed by atoms with Crippen LogP contribution in [-0.2, 0) is 4.79 Å². The number of ketones is 1. The monoisotopic (exact) mass is 269 g/mol. The fourth-order valence-electron chi connectivity index (χ4n) is 1.43. The van der Waals surface area contributed by atoms with Crippen LogP contribution in [0, 0.1) is 0 Å². The highest BCUT2D eigenvalue weighted by atomic mass is 35.5. The van der Waals surface area contributed by atoms with E-state index in [4.69, 9.17) is 16.3 Å². The zero-order valence-corrected chi connectivity index (χ0v) is 11.5. The van der Waals surface area contributed by atoms with Crippen molar-refractivity contribution >= 4 is 23.3 Å². The number of ether oxygens (including phenoxy) is 1. The van der Waals surface area contributed by atoms with Crippen LogP contribution in [0.1, 0.15) is 23.2 Å². The topological polar surface area (TPSA) is 46.6 Å². The molecule has 0 fully saturated rings. The predicted molar refractivity (Wildman–Crippen MR) is 70.3 cm³/mol. The Kier molecular flexibility index (Phi) is 5.16. The van der Waals surface area contributed by atoms with Gasteiger partial charge in [-0.05, 0) is 18.2 Å². The normalized spacial score (nSPS) is 10.0. The van der Waals surface area contributed by atoms with Crippen LogP contribution < -0.4 is 4.74 Å². The van der Waals surface area contributed by atoms with Crippen molar-refractivity contribution in [2.24, 2.45) is 0 Å². The van der Waals surface area contributed by atoms with Gasteiger partial charge in [0, 0.05) is 32.5 Å². The van der Waals surface area contributed by atoms with Crippen LogP contribution in [0.5, 0.6) is 5.75 Å². The summed E-state index contributed by atoms with van der Waals surface area (Å²) < 4.78 is 5.01. The van der Waals surface area contributed by atoms with E-state index in [1.807, 2.05) is 0 Å². The summed E-state index contributed by atoms with van der Waals surface area (Å²) in [6.07, 6.45) is 0.384. The van der Waals surface area contributed by atoms with Gasteiger partial charge in [-0.25, -0.2) is 0 Å². The first-order valence-electron chi connectivity index (χ1n) is 5.52. The average molecular weight is 270 g/mol. The molecule has 0 aromatic heterocycles. The first kappa shape index (κ1) is 14.5. The number of carbonyl (C=O) groups is 2. The van der Waals surface area contributed by atoms with Gasteiger partial charge in [-0.15, -0.1) is 0 Å². The average Bonchev–Trinajstić information content (AvgIpc) is 2.35. The zero-order valence-electron chi connectivity index (χ0n) is 10.7. The fraction of sp³-hybridized carbons (Fsp3) is 0.385. The van der Waals surface area contributed by atoms with E-state index < -0.39 is 0 Å². The lowest BCUT2D eigenvalue weighted by atomic mass is 10.1. The molecule has 0 atom stereocenters. The van der Waals surface area contributed by atoms with E-state index in [1.54, 1.807) is 32.3 Å². The smallest absolute Gasteiger partial charge is 0.222 e. The van der Waals surface area contributed by atoms with Crippen molar-refractivity contribution < 1.29 is 14.3 Å². The van der Waals surface area contributed by atoms with Crippen molar-refractivity contribution in [2.75, 3.05) is 21.2 Å². The van der Waals surface area contributed by atoms with Crippen molar-refractivity contribution in [2.45, 2.75) is 12.8 Å². The van der Waals surface area contributed by atoms with Gasteiger partial charge in [-0.2, -0.15) is 0 Å². The summed E-state index contributed by atoms with van der Waals surface area (Å²) in [5, 5.41) is 0.391. The maximum absolute atomic E-state index is 11.9. The van der Waals surface area contributed by atoms with Crippen LogP contribution in [0.4, 0.5) is 0 Å². The summed E-state index contributed by atoms with van der Waals surface area (Å²) in [5.74, 6) is 0.357. The Morgan fingerprint density at radius 1 is 1.28 bits per heavy atom. The first-order valence-corrected chi connectivity index (χ1v) is 5.90. The van der Waals surface area contributed by atoms with Crippen LogP contribution in [0.25, 0.3) is 0 Å². The Hall–Kier alpha value is -1.55. The van der Waals surface area contributed by atoms with Crippen molar-refractivity contribution in [3.8, 4) is 5.75 Å². The Labute approximate surface area is 111 Å². The van der Waals surface area contributed by atoms with E-state index in [1.165, 1.54) is 12.0 Å². The number of methoxy groups -OCH3 is 1. The lowest BCUT2D eigenvalue weighted by Crippen LogP contribution is -2.22. The highest BCUT2D eigenvalue weighted by molar-refractivity contribution is 6.32. The van der Waals surface area contributed by atoms with Crippen LogP contribution in [0.2, 0.25) is 5.02 Å². The molecule has 0 heterocycles. The molecule has 0 unspecified atom stereocenters. The van der Waals surface area contributed by atoms with Crippen molar-refractivity contribution in [3.05, 3.63) is 28.8 Å². The van der Waals surface area contributed by atoms with Crippen LogP contribution >= 0.6 is 11.6 Å². The molecule has 1 aromatic carbocycles. The van der Waals surface area contributed by atoms with E-state index in [0.29, 0.717) is 16.3 Å². The quantitative estimate of drug-likeness (QED) is 0.771. The highest BCUT2D eigenvalue weighted by Gasteiger charge is 2.12. The zero-order chi connectivity index (χ0) is 13.7. The van der Waals surface area contributed by atoms with Gasteiger partial charge < -0.3 is 9.64 Å². The number of Topliss-reactive ketones (excluding diaryl/α,β-unsaturated/α-hetero) is 1. The molecule has 0 aliphatic rings. The maximum Gasteiger partial charge on any atom is 0.222 e. The van der Waals surface area contributed by atoms with Gasteiger partial charge >= 0.3 is 0 Å². The van der Waals surface area contributed by atoms with E-state index in [2.05, 4.69) is 0 Å². The van der Waals surface area contributed by atoms with E-state index in [-0.39, 0.29) is 24.5 Å². The summed E-state index contributed by atoms with van der Waals surface area (Å²) in [6, 6.07) is 4.85. The molecule has 0 aliphatic carbocycles. The van der Waals surface area contributed by atoms with Gasteiger partial charge in [0.15, 0.2) is 5.78 Å². The van der Waals surface area contributed by atoms with Crippen molar-refractivity contribution in [1.82, 2.24) is 4.90 Å². The molecule has 5 heteroatoms. The lowest BCUT2D eigenvalue weighted by molar-refractivity contribution is -0.128. The van der Waals surface area contributed by atoms with Gasteiger partial charge in [0.1, 0.15) is 5.75 Å². The fourth-order valence-corrected chi connectivity index (χ4v) is 1.69. The molecule has 0 saturated heterocycles. The van der Waals surface area contributed by atoms with Crippen molar-refractivity contribution in [1.29, 1.82) is 0 Å². The molecule has 1 amide bonds. The van der Waals surface area contributed by atoms with Crippen LogP contribution in [0.3, 0.4) is 0 Å². The summed E-state index contributed by atoms with van der Waals surface area (Å²) >= 11 is 5.93. The van der Waals surface area contributed by atoms with Crippen LogP contribution in [-0.4, -0.2) is 37.8 Å². The Morgan fingerprint density at radius 3 is 2.44 bits per heavy atom. The third-order valence-electron chi connectivity index (χ3n) is 2.54. The standard InChI is InChI=1S/C13H16ClNO3/c1-15(2)13(17)7-5-11(16)9-4-6-12(18-3)10(14)8-9/h4,6,8H,5,7H2,1-3H3. The number of carbonyl (C=O) groups excluding carboxylic acids is 2. The number of hydrogen-bond donors (Lipinski definition) is 0. The number of benzene rings is 1. The van der Waals surface area contributed by atoms with E-state index >= 15 is 0 Å². The Morgan fingerprint density at radius 2 is 1.94 bits per heavy atom. The van der Waals surface area contributed by atoms with Gasteiger partial charge in [0.2, 0.25) is 5.91 Å². The molecule has 0 bridgehead atoms. The SMILES string of the molecule is COc1ccc(C(=O)CCC(=O)N(C)C)cc1Cl. The number of halogens is 1. The maximum atomic E-state index is 11.9. The molecular formula is C13H16ClNO3. The van der Waals surface area contributed by atoms with Gasteiger partial charge in [-0.1, -0.05) is 11.6 Å². The number of rotatable bonds is 5.